The number of hydrogen-bond donors (Lipinski definition) is 1. The standard InChI is InChI=1S/C17H17F2N3O2S2/c1-3-22-16(24)15-13(6-9(2)26-15)21-17(22)25-8-14(23)20-12-5-4-10(18)7-11(12)19/h4-5,7,9H,3,6,8H2,1-2H3,(H,20,23). The smallest absolute Gasteiger partial charge is 0.268 e. The topological polar surface area (TPSA) is 64.0 Å². The molecular formula is C17H17F2N3O2S2. The van der Waals surface area contributed by atoms with Gasteiger partial charge in [-0.05, 0) is 19.1 Å². The second kappa shape index (κ2) is 7.79. The molecule has 1 aliphatic heterocycles. The maximum absolute atomic E-state index is 13.6. The molecule has 0 aliphatic carbocycles. The van der Waals surface area contributed by atoms with Gasteiger partial charge in [-0.2, -0.15) is 0 Å². The molecule has 1 amide bonds. The summed E-state index contributed by atoms with van der Waals surface area (Å²) in [5.41, 5.74) is 0.598. The Morgan fingerprint density at radius 3 is 2.92 bits per heavy atom. The SMILES string of the molecule is CCn1c(SCC(=O)Nc2ccc(F)cc2F)nc2c(c1=O)SC(C)C2. The summed E-state index contributed by atoms with van der Waals surface area (Å²) >= 11 is 2.65. The van der Waals surface area contributed by atoms with Crippen LogP contribution < -0.4 is 10.9 Å². The van der Waals surface area contributed by atoms with Crippen LogP contribution in [0.2, 0.25) is 0 Å². The average Bonchev–Trinajstić information content (AvgIpc) is 2.96. The van der Waals surface area contributed by atoms with Crippen LogP contribution in [0.15, 0.2) is 33.0 Å². The summed E-state index contributed by atoms with van der Waals surface area (Å²) in [5, 5.41) is 3.18. The molecule has 138 valence electrons. The van der Waals surface area contributed by atoms with Crippen molar-refractivity contribution in [2.75, 3.05) is 11.1 Å². The Hall–Kier alpha value is -1.87. The van der Waals surface area contributed by atoms with Gasteiger partial charge in [0.2, 0.25) is 5.91 Å². The number of halogens is 2. The number of nitrogens with one attached hydrogen (secondary N) is 1. The van der Waals surface area contributed by atoms with Gasteiger partial charge >= 0.3 is 0 Å². The van der Waals surface area contributed by atoms with Crippen LogP contribution in [0.25, 0.3) is 0 Å². The lowest BCUT2D eigenvalue weighted by atomic mass is 10.2. The second-order valence-corrected chi connectivity index (χ2v) is 8.20. The quantitative estimate of drug-likeness (QED) is 0.620. The Morgan fingerprint density at radius 2 is 2.23 bits per heavy atom. The minimum absolute atomic E-state index is 0.0370. The highest BCUT2D eigenvalue weighted by Crippen LogP contribution is 2.34. The Kier molecular flexibility index (Phi) is 5.67. The summed E-state index contributed by atoms with van der Waals surface area (Å²) < 4.78 is 28.1. The van der Waals surface area contributed by atoms with Crippen LogP contribution in [0.3, 0.4) is 0 Å². The first-order chi connectivity index (χ1) is 12.4. The molecule has 0 spiro atoms. The van der Waals surface area contributed by atoms with Gasteiger partial charge in [-0.15, -0.1) is 11.8 Å². The molecule has 0 saturated carbocycles. The number of aromatic nitrogens is 2. The Bertz CT molecular complexity index is 918. The zero-order valence-corrected chi connectivity index (χ0v) is 15.8. The van der Waals surface area contributed by atoms with Crippen LogP contribution in [0, 0.1) is 11.6 Å². The number of carbonyl (C=O) groups is 1. The molecule has 2 heterocycles. The lowest BCUT2D eigenvalue weighted by Gasteiger charge is -2.12. The van der Waals surface area contributed by atoms with E-state index in [1.807, 2.05) is 13.8 Å². The van der Waals surface area contributed by atoms with E-state index < -0.39 is 17.5 Å². The van der Waals surface area contributed by atoms with Gasteiger partial charge in [0.05, 0.1) is 22.0 Å². The molecule has 1 aliphatic rings. The van der Waals surface area contributed by atoms with Crippen molar-refractivity contribution in [3.8, 4) is 0 Å². The first kappa shape index (κ1) is 18.9. The number of carbonyl (C=O) groups excluding carboxylic acids is 1. The number of amides is 1. The minimum atomic E-state index is -0.838. The molecule has 1 N–H and O–H groups in total. The van der Waals surface area contributed by atoms with E-state index in [9.17, 15) is 18.4 Å². The summed E-state index contributed by atoms with van der Waals surface area (Å²) in [6.07, 6.45) is 0.723. The molecule has 9 heteroatoms. The van der Waals surface area contributed by atoms with Gasteiger partial charge in [-0.25, -0.2) is 13.8 Å². The van der Waals surface area contributed by atoms with E-state index in [0.29, 0.717) is 27.9 Å². The van der Waals surface area contributed by atoms with Gasteiger partial charge < -0.3 is 5.32 Å². The average molecular weight is 397 g/mol. The predicted molar refractivity (Wildman–Crippen MR) is 98.9 cm³/mol. The van der Waals surface area contributed by atoms with E-state index in [0.717, 1.165) is 29.9 Å². The molecule has 3 rings (SSSR count). The Labute approximate surface area is 157 Å². The maximum atomic E-state index is 13.6. The predicted octanol–water partition coefficient (Wildman–Crippen LogP) is 3.31. The van der Waals surface area contributed by atoms with E-state index >= 15 is 0 Å². The summed E-state index contributed by atoms with van der Waals surface area (Å²) in [7, 11) is 0. The van der Waals surface area contributed by atoms with E-state index in [2.05, 4.69) is 10.3 Å². The van der Waals surface area contributed by atoms with Crippen LogP contribution in [0.5, 0.6) is 0 Å². The van der Waals surface area contributed by atoms with Crippen molar-refractivity contribution in [2.45, 2.75) is 42.1 Å². The molecule has 26 heavy (non-hydrogen) atoms. The van der Waals surface area contributed by atoms with E-state index in [4.69, 9.17) is 0 Å². The fourth-order valence-corrected chi connectivity index (χ4v) is 4.62. The van der Waals surface area contributed by atoms with Crippen LogP contribution in [-0.2, 0) is 17.8 Å². The lowest BCUT2D eigenvalue weighted by Crippen LogP contribution is -2.25. The molecule has 2 aromatic rings. The largest absolute Gasteiger partial charge is 0.323 e. The highest BCUT2D eigenvalue weighted by atomic mass is 32.2. The third-order valence-corrected chi connectivity index (χ3v) is 6.01. The zero-order valence-electron chi connectivity index (χ0n) is 14.2. The van der Waals surface area contributed by atoms with Crippen molar-refractivity contribution in [3.05, 3.63) is 45.9 Å². The van der Waals surface area contributed by atoms with Crippen molar-refractivity contribution in [3.63, 3.8) is 0 Å². The van der Waals surface area contributed by atoms with Gasteiger partial charge in [0, 0.05) is 24.3 Å². The molecule has 0 bridgehead atoms. The fourth-order valence-electron chi connectivity index (χ4n) is 2.63. The number of thioether (sulfide) groups is 2. The first-order valence-corrected chi connectivity index (χ1v) is 9.93. The van der Waals surface area contributed by atoms with Crippen molar-refractivity contribution < 1.29 is 13.6 Å². The van der Waals surface area contributed by atoms with Gasteiger partial charge in [-0.3, -0.25) is 14.2 Å². The molecule has 1 aromatic heterocycles. The van der Waals surface area contributed by atoms with Gasteiger partial charge in [-0.1, -0.05) is 18.7 Å². The molecule has 0 saturated heterocycles. The minimum Gasteiger partial charge on any atom is -0.323 e. The number of hydrogen-bond acceptors (Lipinski definition) is 5. The highest BCUT2D eigenvalue weighted by molar-refractivity contribution is 8.00. The molecule has 0 radical (unpaired) electrons. The summed E-state index contributed by atoms with van der Waals surface area (Å²) in [5.74, 6) is -2.04. The molecule has 1 aromatic carbocycles. The van der Waals surface area contributed by atoms with E-state index in [-0.39, 0.29) is 17.0 Å². The molecule has 1 unspecified atom stereocenters. The normalized spacial score (nSPS) is 15.8. The molecule has 1 atom stereocenters. The van der Waals surface area contributed by atoms with Crippen LogP contribution in [0.1, 0.15) is 19.5 Å². The highest BCUT2D eigenvalue weighted by Gasteiger charge is 2.26. The summed E-state index contributed by atoms with van der Waals surface area (Å²) in [4.78, 5) is 29.9. The fraction of sp³-hybridized carbons (Fsp3) is 0.353. The zero-order chi connectivity index (χ0) is 18.8. The number of nitrogens with zero attached hydrogens (tertiary/aromatic N) is 2. The lowest BCUT2D eigenvalue weighted by molar-refractivity contribution is -0.113. The van der Waals surface area contributed by atoms with Crippen LogP contribution >= 0.6 is 23.5 Å². The van der Waals surface area contributed by atoms with Crippen molar-refractivity contribution in [1.82, 2.24) is 9.55 Å². The number of fused-ring (bicyclic) bond motifs is 1. The Balaban J connectivity index is 1.73. The van der Waals surface area contributed by atoms with Crippen molar-refractivity contribution >= 4 is 35.1 Å². The number of anilines is 1. The van der Waals surface area contributed by atoms with Crippen molar-refractivity contribution in [1.29, 1.82) is 0 Å². The third kappa shape index (κ3) is 3.93. The van der Waals surface area contributed by atoms with Gasteiger partial charge in [0.15, 0.2) is 5.16 Å². The van der Waals surface area contributed by atoms with E-state index in [1.54, 1.807) is 4.57 Å². The number of benzene rings is 1. The molecular weight excluding hydrogens is 380 g/mol. The second-order valence-electron chi connectivity index (χ2n) is 5.81. The number of rotatable bonds is 5. The van der Waals surface area contributed by atoms with Gasteiger partial charge in [0.1, 0.15) is 11.6 Å². The van der Waals surface area contributed by atoms with Crippen molar-refractivity contribution in [2.24, 2.45) is 0 Å². The summed E-state index contributed by atoms with van der Waals surface area (Å²) in [6, 6.07) is 2.95. The van der Waals surface area contributed by atoms with Crippen LogP contribution in [0.4, 0.5) is 14.5 Å². The van der Waals surface area contributed by atoms with Gasteiger partial charge in [0.25, 0.3) is 5.56 Å². The summed E-state index contributed by atoms with van der Waals surface area (Å²) in [6.45, 7) is 4.33. The maximum Gasteiger partial charge on any atom is 0.268 e. The third-order valence-electron chi connectivity index (χ3n) is 3.82. The Morgan fingerprint density at radius 1 is 1.46 bits per heavy atom. The molecule has 5 nitrogen and oxygen atoms in total. The van der Waals surface area contributed by atoms with E-state index in [1.165, 1.54) is 17.8 Å². The first-order valence-electron chi connectivity index (χ1n) is 8.07. The van der Waals surface area contributed by atoms with Crippen LogP contribution in [-0.4, -0.2) is 26.5 Å². The molecule has 0 fully saturated rings. The monoisotopic (exact) mass is 397 g/mol.